The summed E-state index contributed by atoms with van der Waals surface area (Å²) in [6.07, 6.45) is 8.14. The summed E-state index contributed by atoms with van der Waals surface area (Å²) < 4.78 is 0. The number of para-hydroxylation sites is 3. The minimum Gasteiger partial charge on any atom is -0.310 e. The van der Waals surface area contributed by atoms with Crippen LogP contribution < -0.4 is 14.7 Å². The van der Waals surface area contributed by atoms with E-state index in [2.05, 4.69) is 374 Å². The highest BCUT2D eigenvalue weighted by Crippen LogP contribution is 2.64. The maximum absolute atomic E-state index is 4.04. The lowest BCUT2D eigenvalue weighted by Gasteiger charge is -2.33. The Kier molecular flexibility index (Phi) is 14.2. The molecular formula is C86H63N3. The van der Waals surface area contributed by atoms with Crippen molar-refractivity contribution in [3.8, 4) is 55.6 Å². The van der Waals surface area contributed by atoms with Gasteiger partial charge in [-0.3, -0.25) is 0 Å². The largest absolute Gasteiger partial charge is 0.310 e. The zero-order valence-electron chi connectivity index (χ0n) is 49.5. The summed E-state index contributed by atoms with van der Waals surface area (Å²) in [5.41, 5.74) is 28.1. The molecule has 89 heavy (non-hydrogen) atoms. The number of nitrogens with zero attached hydrogens (tertiary/aromatic N) is 3. The van der Waals surface area contributed by atoms with Crippen molar-refractivity contribution in [1.82, 2.24) is 0 Å². The SMILES string of the molecule is C=C/C=C(\C=C/C)c1ccc(N(c2ccccc2)c2cc(-c3ccc4c(c3)C3(c5ccccc5-4)c4ccccc4-c4ccc(N(c5ccccc5)c5ccc(-c6ccccc6)cc5)cc43)cc(N(c3ccccc3)c3ccc(-c4ccccc4)cc3)c2)cc1. The van der Waals surface area contributed by atoms with E-state index in [-0.39, 0.29) is 0 Å². The van der Waals surface area contributed by atoms with Gasteiger partial charge in [0, 0.05) is 51.2 Å². The molecule has 0 N–H and O–H groups in total. The molecule has 2 aliphatic carbocycles. The summed E-state index contributed by atoms with van der Waals surface area (Å²) in [7, 11) is 0. The third-order valence-electron chi connectivity index (χ3n) is 17.7. The number of allylic oxidation sites excluding steroid dienone is 5. The van der Waals surface area contributed by atoms with Crippen LogP contribution in [0.3, 0.4) is 0 Å². The van der Waals surface area contributed by atoms with E-state index in [1.54, 1.807) is 0 Å². The van der Waals surface area contributed by atoms with Gasteiger partial charge in [0.05, 0.1) is 5.41 Å². The summed E-state index contributed by atoms with van der Waals surface area (Å²) in [4.78, 5) is 7.21. The van der Waals surface area contributed by atoms with Crippen molar-refractivity contribution in [3.05, 3.63) is 386 Å². The van der Waals surface area contributed by atoms with E-state index >= 15 is 0 Å². The van der Waals surface area contributed by atoms with Crippen LogP contribution in [-0.4, -0.2) is 0 Å². The fraction of sp³-hybridized carbons (Fsp3) is 0.0233. The second kappa shape index (κ2) is 23.4. The molecule has 0 amide bonds. The van der Waals surface area contributed by atoms with E-state index in [4.69, 9.17) is 0 Å². The van der Waals surface area contributed by atoms with E-state index < -0.39 is 5.41 Å². The van der Waals surface area contributed by atoms with Gasteiger partial charge in [-0.25, -0.2) is 0 Å². The summed E-state index contributed by atoms with van der Waals surface area (Å²) in [5, 5.41) is 0. The molecule has 3 nitrogen and oxygen atoms in total. The molecule has 3 heteroatoms. The molecule has 13 aromatic carbocycles. The molecule has 0 radical (unpaired) electrons. The van der Waals surface area contributed by atoms with Crippen LogP contribution in [0, 0.1) is 0 Å². The number of hydrogen-bond acceptors (Lipinski definition) is 3. The summed E-state index contributed by atoms with van der Waals surface area (Å²) in [5.74, 6) is 0. The van der Waals surface area contributed by atoms with Crippen molar-refractivity contribution in [2.45, 2.75) is 12.3 Å². The van der Waals surface area contributed by atoms with Crippen molar-refractivity contribution in [3.63, 3.8) is 0 Å². The topological polar surface area (TPSA) is 9.72 Å². The number of rotatable bonds is 15. The zero-order chi connectivity index (χ0) is 59.7. The zero-order valence-corrected chi connectivity index (χ0v) is 49.5. The Balaban J connectivity index is 0.947. The van der Waals surface area contributed by atoms with Crippen LogP contribution >= 0.6 is 0 Å². The Morgan fingerprint density at radius 3 is 1.09 bits per heavy atom. The van der Waals surface area contributed by atoms with Crippen molar-refractivity contribution >= 4 is 56.8 Å². The van der Waals surface area contributed by atoms with Crippen molar-refractivity contribution in [2.24, 2.45) is 0 Å². The molecule has 422 valence electrons. The predicted octanol–water partition coefficient (Wildman–Crippen LogP) is 23.6. The average molecular weight is 1140 g/mol. The third kappa shape index (κ3) is 9.76. The maximum atomic E-state index is 4.04. The van der Waals surface area contributed by atoms with Gasteiger partial charge in [0.25, 0.3) is 0 Å². The summed E-state index contributed by atoms with van der Waals surface area (Å²) >= 11 is 0. The molecule has 1 spiro atoms. The summed E-state index contributed by atoms with van der Waals surface area (Å²) in [6.45, 7) is 6.09. The Morgan fingerprint density at radius 1 is 0.281 bits per heavy atom. The van der Waals surface area contributed by atoms with Gasteiger partial charge in [0.15, 0.2) is 0 Å². The average Bonchev–Trinajstić information content (AvgIpc) is 1.54. The molecule has 0 heterocycles. The standard InChI is InChI=1S/C86H63N3/c1-3-24-61(25-4-2)64-40-49-73(50-41-64)88(70-32-16-8-17-33-70)76-56-68(57-77(59-76)89(71-34-18-9-19-35-71)74-51-44-66(45-52-74)63-28-12-6-13-29-63)67-46-54-80-78-36-20-22-38-82(78)86(84(80)58-67)83-39-23-21-37-79(83)81-55-53-75(60-85(81)86)87(69-30-14-7-15-31-69)72-47-42-65(43-48-72)62-26-10-5-11-27-62/h3-60H,1H2,2H3/b25-4-,61-24+. The van der Waals surface area contributed by atoms with Crippen molar-refractivity contribution in [1.29, 1.82) is 0 Å². The van der Waals surface area contributed by atoms with Crippen LogP contribution in [-0.2, 0) is 5.41 Å². The van der Waals surface area contributed by atoms with E-state index in [1.807, 2.05) is 6.08 Å². The molecule has 2 aliphatic rings. The normalized spacial score (nSPS) is 13.6. The maximum Gasteiger partial charge on any atom is 0.0726 e. The Morgan fingerprint density at radius 2 is 0.629 bits per heavy atom. The van der Waals surface area contributed by atoms with Crippen molar-refractivity contribution in [2.75, 3.05) is 14.7 Å². The third-order valence-corrected chi connectivity index (χ3v) is 17.7. The quantitative estimate of drug-likeness (QED) is 0.0948. The molecule has 15 rings (SSSR count). The van der Waals surface area contributed by atoms with Crippen molar-refractivity contribution < 1.29 is 0 Å². The molecule has 0 aliphatic heterocycles. The van der Waals surface area contributed by atoms with Gasteiger partial charge < -0.3 is 14.7 Å². The summed E-state index contributed by atoms with van der Waals surface area (Å²) in [6, 6.07) is 120. The van der Waals surface area contributed by atoms with Gasteiger partial charge in [-0.15, -0.1) is 0 Å². The molecular weight excluding hydrogens is 1070 g/mol. The fourth-order valence-corrected chi connectivity index (χ4v) is 13.8. The molecule has 1 unspecified atom stereocenters. The van der Waals surface area contributed by atoms with E-state index in [9.17, 15) is 0 Å². The molecule has 1 atom stereocenters. The first kappa shape index (κ1) is 54.2. The van der Waals surface area contributed by atoms with Gasteiger partial charge in [0.1, 0.15) is 0 Å². The first-order chi connectivity index (χ1) is 44.0. The van der Waals surface area contributed by atoms with Gasteiger partial charge >= 0.3 is 0 Å². The molecule has 0 fully saturated rings. The van der Waals surface area contributed by atoms with Crippen LogP contribution in [0.1, 0.15) is 34.7 Å². The van der Waals surface area contributed by atoms with E-state index in [1.165, 1.54) is 61.2 Å². The Labute approximate surface area is 522 Å². The smallest absolute Gasteiger partial charge is 0.0726 e. The molecule has 0 saturated heterocycles. The van der Waals surface area contributed by atoms with Gasteiger partial charge in [0.2, 0.25) is 0 Å². The van der Waals surface area contributed by atoms with Crippen LogP contribution in [0.4, 0.5) is 51.2 Å². The number of hydrogen-bond donors (Lipinski definition) is 0. The lowest BCUT2D eigenvalue weighted by molar-refractivity contribution is 0.794. The molecule has 0 bridgehead atoms. The number of anilines is 9. The highest BCUT2D eigenvalue weighted by molar-refractivity contribution is 5.98. The van der Waals surface area contributed by atoms with Gasteiger partial charge in [-0.05, 0) is 205 Å². The van der Waals surface area contributed by atoms with Gasteiger partial charge in [-0.2, -0.15) is 0 Å². The first-order valence-corrected chi connectivity index (χ1v) is 30.6. The molecule has 13 aromatic rings. The predicted molar refractivity (Wildman–Crippen MR) is 376 cm³/mol. The van der Waals surface area contributed by atoms with Gasteiger partial charge in [-0.1, -0.05) is 249 Å². The van der Waals surface area contributed by atoms with Crippen LogP contribution in [0.25, 0.3) is 61.2 Å². The Bertz CT molecular complexity index is 4750. The first-order valence-electron chi connectivity index (χ1n) is 30.6. The second-order valence-electron chi connectivity index (χ2n) is 22.8. The Hall–Kier alpha value is -11.5. The highest BCUT2D eigenvalue weighted by atomic mass is 15.2. The molecule has 0 saturated carbocycles. The second-order valence-corrected chi connectivity index (χ2v) is 22.8. The number of benzene rings is 13. The minimum absolute atomic E-state index is 0.649. The lowest BCUT2D eigenvalue weighted by Crippen LogP contribution is -2.26. The minimum atomic E-state index is -0.649. The lowest BCUT2D eigenvalue weighted by atomic mass is 9.70. The van der Waals surface area contributed by atoms with Crippen LogP contribution in [0.2, 0.25) is 0 Å². The highest BCUT2D eigenvalue weighted by Gasteiger charge is 2.52. The van der Waals surface area contributed by atoms with Crippen LogP contribution in [0.5, 0.6) is 0 Å². The number of fused-ring (bicyclic) bond motifs is 10. The fourth-order valence-electron chi connectivity index (χ4n) is 13.8. The van der Waals surface area contributed by atoms with E-state index in [0.29, 0.717) is 0 Å². The van der Waals surface area contributed by atoms with Crippen LogP contribution in [0.15, 0.2) is 358 Å². The monoisotopic (exact) mass is 1140 g/mol. The molecule has 0 aromatic heterocycles. The van der Waals surface area contributed by atoms with E-state index in [0.717, 1.165) is 79.0 Å².